The molecule has 3 aliphatic rings. The lowest BCUT2D eigenvalue weighted by molar-refractivity contribution is -0.140. The number of thiazole rings is 1. The number of fused-ring (bicyclic) bond motifs is 4. The topological polar surface area (TPSA) is 73.1 Å². The third-order valence-corrected chi connectivity index (χ3v) is 5.45. The van der Waals surface area contributed by atoms with Crippen LogP contribution in [-0.4, -0.2) is 39.9 Å². The number of amides is 1. The Morgan fingerprint density at radius 3 is 3.04 bits per heavy atom. The van der Waals surface area contributed by atoms with Gasteiger partial charge in [-0.15, -0.1) is 11.3 Å². The van der Waals surface area contributed by atoms with Gasteiger partial charge in [-0.3, -0.25) is 4.79 Å². The molecule has 0 aromatic carbocycles. The van der Waals surface area contributed by atoms with Crippen LogP contribution >= 0.6 is 11.3 Å². The Kier molecular flexibility index (Phi) is 3.90. The number of anilines is 1. The Bertz CT molecular complexity index is 785. The van der Waals surface area contributed by atoms with Crippen LogP contribution in [0.2, 0.25) is 0 Å². The monoisotopic (exact) mass is 339 g/mol. The fourth-order valence-corrected chi connectivity index (χ4v) is 4.20. The van der Waals surface area contributed by atoms with Crippen molar-refractivity contribution in [3.63, 3.8) is 0 Å². The highest BCUT2D eigenvalue weighted by Gasteiger charge is 2.41. The van der Waals surface area contributed by atoms with Gasteiger partial charge >= 0.3 is 0 Å². The van der Waals surface area contributed by atoms with Gasteiger partial charge in [0.05, 0.1) is 29.2 Å². The van der Waals surface area contributed by atoms with E-state index < -0.39 is 0 Å². The van der Waals surface area contributed by atoms with Crippen LogP contribution in [0.5, 0.6) is 0 Å². The van der Waals surface area contributed by atoms with E-state index in [1.165, 1.54) is 0 Å². The maximum absolute atomic E-state index is 12.9. The molecule has 2 aromatic heterocycles. The van der Waals surface area contributed by atoms with Crippen molar-refractivity contribution in [2.75, 3.05) is 18.0 Å². The lowest BCUT2D eigenvalue weighted by Crippen LogP contribution is -2.47. The summed E-state index contributed by atoms with van der Waals surface area (Å²) in [7, 11) is 0. The minimum atomic E-state index is -0.0315. The Morgan fingerprint density at radius 2 is 2.25 bits per heavy atom. The van der Waals surface area contributed by atoms with E-state index in [4.69, 9.17) is 0 Å². The summed E-state index contributed by atoms with van der Waals surface area (Å²) in [5.41, 5.74) is 3.32. The second-order valence-corrected chi connectivity index (χ2v) is 6.98. The average molecular weight is 339 g/mol. The van der Waals surface area contributed by atoms with Crippen LogP contribution in [0.4, 0.5) is 5.82 Å². The van der Waals surface area contributed by atoms with E-state index in [1.807, 2.05) is 10.3 Å². The quantitative estimate of drug-likeness (QED) is 0.855. The van der Waals surface area contributed by atoms with E-state index in [9.17, 15) is 10.1 Å². The zero-order valence-corrected chi connectivity index (χ0v) is 13.9. The highest BCUT2D eigenvalue weighted by Crippen LogP contribution is 2.32. The number of nitriles is 1. The molecule has 5 rings (SSSR count). The smallest absolute Gasteiger partial charge is 0.228 e. The molecule has 2 atom stereocenters. The molecule has 2 aromatic rings. The first-order valence-electron chi connectivity index (χ1n) is 8.04. The van der Waals surface area contributed by atoms with Crippen LogP contribution in [0, 0.1) is 17.2 Å². The zero-order valence-electron chi connectivity index (χ0n) is 13.1. The van der Waals surface area contributed by atoms with Crippen molar-refractivity contribution < 1.29 is 4.79 Å². The van der Waals surface area contributed by atoms with Gasteiger partial charge in [0.25, 0.3) is 0 Å². The highest BCUT2D eigenvalue weighted by molar-refractivity contribution is 7.07. The van der Waals surface area contributed by atoms with E-state index in [2.05, 4.69) is 20.9 Å². The zero-order chi connectivity index (χ0) is 16.5. The van der Waals surface area contributed by atoms with Crippen LogP contribution in [0.3, 0.4) is 0 Å². The number of nitrogens with zero attached hydrogens (tertiary/aromatic N) is 5. The number of hydrogen-bond donors (Lipinski definition) is 0. The summed E-state index contributed by atoms with van der Waals surface area (Å²) in [6, 6.07) is 5.91. The maximum Gasteiger partial charge on any atom is 0.228 e. The van der Waals surface area contributed by atoms with Gasteiger partial charge in [-0.05, 0) is 25.0 Å². The largest absolute Gasteiger partial charge is 0.353 e. The van der Waals surface area contributed by atoms with E-state index in [-0.39, 0.29) is 17.9 Å². The third kappa shape index (κ3) is 2.63. The van der Waals surface area contributed by atoms with Crippen molar-refractivity contribution >= 4 is 23.1 Å². The summed E-state index contributed by atoms with van der Waals surface area (Å²) in [6.45, 7) is 1.93. The van der Waals surface area contributed by atoms with Gasteiger partial charge in [0.15, 0.2) is 0 Å². The van der Waals surface area contributed by atoms with Crippen LogP contribution in [-0.2, 0) is 11.3 Å². The lowest BCUT2D eigenvalue weighted by Gasteiger charge is -2.35. The Labute approximate surface area is 144 Å². The van der Waals surface area contributed by atoms with Crippen LogP contribution < -0.4 is 4.90 Å². The standard InChI is InChI=1S/C17H17N5OS/c18-6-12-2-1-5-19-16(12)21-7-13-3-4-15(9-21)22(17(13)23)8-14-10-24-11-20-14/h1-2,5,10-11,13,15H,3-4,7-9H2/t13-,15+/m0/s1. The van der Waals surface area contributed by atoms with E-state index in [1.54, 1.807) is 35.2 Å². The second kappa shape index (κ2) is 6.21. The van der Waals surface area contributed by atoms with Gasteiger partial charge in [-0.1, -0.05) is 0 Å². The van der Waals surface area contributed by atoms with Crippen LogP contribution in [0.1, 0.15) is 24.1 Å². The van der Waals surface area contributed by atoms with Crippen molar-refractivity contribution in [1.82, 2.24) is 14.9 Å². The van der Waals surface area contributed by atoms with E-state index in [0.717, 1.165) is 25.1 Å². The molecule has 0 aliphatic carbocycles. The molecule has 5 heterocycles. The summed E-state index contributed by atoms with van der Waals surface area (Å²) in [6.07, 6.45) is 3.60. The molecule has 0 radical (unpaired) electrons. The number of rotatable bonds is 3. The van der Waals surface area contributed by atoms with Gasteiger partial charge in [0.1, 0.15) is 11.9 Å². The molecule has 0 spiro atoms. The van der Waals surface area contributed by atoms with Crippen LogP contribution in [0.15, 0.2) is 29.2 Å². The molecule has 3 aliphatic heterocycles. The summed E-state index contributed by atoms with van der Waals surface area (Å²) in [5, 5.41) is 11.3. The predicted molar refractivity (Wildman–Crippen MR) is 90.3 cm³/mol. The minimum absolute atomic E-state index is 0.0315. The summed E-state index contributed by atoms with van der Waals surface area (Å²) in [4.78, 5) is 25.7. The molecule has 24 heavy (non-hydrogen) atoms. The van der Waals surface area contributed by atoms with Crippen molar-refractivity contribution in [1.29, 1.82) is 5.26 Å². The number of carbonyl (C=O) groups is 1. The fourth-order valence-electron chi connectivity index (χ4n) is 3.65. The third-order valence-electron chi connectivity index (χ3n) is 4.82. The molecule has 122 valence electrons. The van der Waals surface area contributed by atoms with Gasteiger partial charge in [0.2, 0.25) is 5.91 Å². The molecule has 3 saturated heterocycles. The summed E-state index contributed by atoms with van der Waals surface area (Å²) in [5.74, 6) is 0.868. The number of carbonyl (C=O) groups excluding carboxylic acids is 1. The second-order valence-electron chi connectivity index (χ2n) is 6.27. The van der Waals surface area contributed by atoms with Crippen molar-refractivity contribution in [3.05, 3.63) is 40.5 Å². The first kappa shape index (κ1) is 15.1. The number of hydrogen-bond acceptors (Lipinski definition) is 6. The fraction of sp³-hybridized carbons (Fsp3) is 0.412. The lowest BCUT2D eigenvalue weighted by atomic mass is 9.94. The first-order chi connectivity index (χ1) is 11.8. The molecule has 0 unspecified atom stereocenters. The van der Waals surface area contributed by atoms with Gasteiger partial charge in [0, 0.05) is 30.7 Å². The Morgan fingerprint density at radius 1 is 1.33 bits per heavy atom. The first-order valence-corrected chi connectivity index (χ1v) is 8.98. The molecule has 6 nitrogen and oxygen atoms in total. The van der Waals surface area contributed by atoms with Crippen molar-refractivity contribution in [2.24, 2.45) is 5.92 Å². The molecule has 0 saturated carbocycles. The van der Waals surface area contributed by atoms with E-state index in [0.29, 0.717) is 24.5 Å². The SMILES string of the molecule is N#Cc1cccnc1N1C[C@@H]2CC[C@H](C1)N(Cc1cscn1)C2=O. The number of piperidine rings is 1. The van der Waals surface area contributed by atoms with Crippen molar-refractivity contribution in [3.8, 4) is 6.07 Å². The number of aromatic nitrogens is 2. The molecule has 2 bridgehead atoms. The number of pyridine rings is 1. The molecule has 7 heteroatoms. The molecule has 1 amide bonds. The van der Waals surface area contributed by atoms with Crippen LogP contribution in [0.25, 0.3) is 0 Å². The highest BCUT2D eigenvalue weighted by atomic mass is 32.1. The van der Waals surface area contributed by atoms with Gasteiger partial charge < -0.3 is 9.80 Å². The van der Waals surface area contributed by atoms with Crippen molar-refractivity contribution in [2.45, 2.75) is 25.4 Å². The summed E-state index contributed by atoms with van der Waals surface area (Å²) >= 11 is 1.55. The Hall–Kier alpha value is -2.46. The molecule has 3 fully saturated rings. The summed E-state index contributed by atoms with van der Waals surface area (Å²) < 4.78 is 0. The van der Waals surface area contributed by atoms with Gasteiger partial charge in [-0.25, -0.2) is 9.97 Å². The normalized spacial score (nSPS) is 23.2. The predicted octanol–water partition coefficient (Wildman–Crippen LogP) is 2.04. The Balaban J connectivity index is 1.62. The van der Waals surface area contributed by atoms with Gasteiger partial charge in [-0.2, -0.15) is 5.26 Å². The van der Waals surface area contributed by atoms with E-state index >= 15 is 0 Å². The molecule has 0 N–H and O–H groups in total. The average Bonchev–Trinajstić information content (AvgIpc) is 2.98. The minimum Gasteiger partial charge on any atom is -0.353 e. The molecular weight excluding hydrogens is 322 g/mol. The molecular formula is C17H17N5OS. The maximum atomic E-state index is 12.9.